The van der Waals surface area contributed by atoms with Crippen LogP contribution in [0, 0.1) is 0 Å². The van der Waals surface area contributed by atoms with E-state index in [1.807, 2.05) is 42.5 Å². The lowest BCUT2D eigenvalue weighted by atomic mass is 9.80. The van der Waals surface area contributed by atoms with Crippen LogP contribution in [-0.2, 0) is 0 Å². The minimum atomic E-state index is -1.02. The van der Waals surface area contributed by atoms with Crippen molar-refractivity contribution >= 4 is 23.6 Å². The number of para-hydroxylation sites is 2. The van der Waals surface area contributed by atoms with E-state index >= 15 is 0 Å². The van der Waals surface area contributed by atoms with Gasteiger partial charge in [0.1, 0.15) is 0 Å². The maximum atomic E-state index is 9.92. The molecule has 0 unspecified atom stereocenters. The van der Waals surface area contributed by atoms with E-state index in [2.05, 4.69) is 9.97 Å². The third-order valence-corrected chi connectivity index (χ3v) is 2.68. The molecule has 3 rings (SSSR count). The van der Waals surface area contributed by atoms with Crippen molar-refractivity contribution in [1.82, 2.24) is 9.97 Å². The van der Waals surface area contributed by atoms with Gasteiger partial charge in [0, 0.05) is 0 Å². The Hall–Kier alpha value is -2.27. The van der Waals surface area contributed by atoms with Crippen molar-refractivity contribution in [3.05, 3.63) is 54.6 Å². The summed E-state index contributed by atoms with van der Waals surface area (Å²) in [7, 11) is -1.02. The van der Waals surface area contributed by atoms with E-state index in [1.54, 1.807) is 12.1 Å². The van der Waals surface area contributed by atoms with Gasteiger partial charge in [-0.2, -0.15) is 4.98 Å². The van der Waals surface area contributed by atoms with Gasteiger partial charge < -0.3 is 14.7 Å². The Morgan fingerprint density at radius 2 is 1.72 bits per heavy atom. The van der Waals surface area contributed by atoms with Gasteiger partial charge in [-0.15, -0.1) is 0 Å². The smallest absolute Gasteiger partial charge is 0.505 e. The van der Waals surface area contributed by atoms with Crippen LogP contribution in [0.2, 0.25) is 0 Å². The number of aromatic amines is 1. The molecule has 0 amide bonds. The van der Waals surface area contributed by atoms with Gasteiger partial charge in [0.15, 0.2) is 0 Å². The van der Waals surface area contributed by atoms with Crippen LogP contribution in [0.1, 0.15) is 0 Å². The number of benzene rings is 2. The van der Waals surface area contributed by atoms with E-state index in [9.17, 15) is 5.02 Å². The van der Waals surface area contributed by atoms with E-state index in [4.69, 9.17) is 4.65 Å². The Bertz CT molecular complexity index is 621. The molecule has 4 nitrogen and oxygen atoms in total. The first kappa shape index (κ1) is 10.9. The second-order valence-corrected chi connectivity index (χ2v) is 3.94. The number of aromatic nitrogens is 2. The van der Waals surface area contributed by atoms with Crippen LogP contribution < -0.4 is 10.1 Å². The Morgan fingerprint density at radius 1 is 1.00 bits per heavy atom. The van der Waals surface area contributed by atoms with Crippen molar-refractivity contribution in [3.63, 3.8) is 0 Å². The standard InChI is InChI=1S/C13H11BN2O2/c17-14(10-6-2-1-3-7-10)18-13-15-11-8-4-5-9-12(11)16-13/h1-9,17H,(H,15,16). The SMILES string of the molecule is OB(Oc1nc2ccccc2[nH]1)c1ccccc1. The topological polar surface area (TPSA) is 58.1 Å². The summed E-state index contributed by atoms with van der Waals surface area (Å²) in [5.74, 6) is 0. The van der Waals surface area contributed by atoms with E-state index in [0.29, 0.717) is 11.5 Å². The average Bonchev–Trinajstić information content (AvgIpc) is 2.82. The highest BCUT2D eigenvalue weighted by molar-refractivity contribution is 6.60. The van der Waals surface area contributed by atoms with Gasteiger partial charge in [-0.05, 0) is 17.6 Å². The van der Waals surface area contributed by atoms with Crippen LogP contribution >= 0.6 is 0 Å². The number of imidazole rings is 1. The highest BCUT2D eigenvalue weighted by atomic mass is 16.5. The molecule has 2 aromatic carbocycles. The van der Waals surface area contributed by atoms with Crippen LogP contribution in [-0.4, -0.2) is 22.1 Å². The normalized spacial score (nSPS) is 10.5. The van der Waals surface area contributed by atoms with E-state index in [1.165, 1.54) is 0 Å². The van der Waals surface area contributed by atoms with Gasteiger partial charge in [0.25, 0.3) is 6.01 Å². The number of hydrogen-bond donors (Lipinski definition) is 2. The van der Waals surface area contributed by atoms with Crippen LogP contribution in [0.4, 0.5) is 0 Å². The van der Waals surface area contributed by atoms with Crippen molar-refractivity contribution in [1.29, 1.82) is 0 Å². The molecule has 3 aromatic rings. The zero-order valence-electron chi connectivity index (χ0n) is 9.58. The lowest BCUT2D eigenvalue weighted by molar-refractivity contribution is 0.415. The zero-order chi connectivity index (χ0) is 12.4. The molecule has 5 heteroatoms. The fraction of sp³-hybridized carbons (Fsp3) is 0. The number of H-pyrrole nitrogens is 1. The highest BCUT2D eigenvalue weighted by Gasteiger charge is 2.19. The molecular weight excluding hydrogens is 227 g/mol. The quantitative estimate of drug-likeness (QED) is 0.676. The van der Waals surface area contributed by atoms with Gasteiger partial charge in [-0.25, -0.2) is 0 Å². The van der Waals surface area contributed by atoms with Gasteiger partial charge in [-0.1, -0.05) is 42.5 Å². The maximum Gasteiger partial charge on any atom is 0.562 e. The lowest BCUT2D eigenvalue weighted by Gasteiger charge is -2.06. The van der Waals surface area contributed by atoms with Crippen molar-refractivity contribution in [2.45, 2.75) is 0 Å². The van der Waals surface area contributed by atoms with Crippen LogP contribution in [0.3, 0.4) is 0 Å². The average molecular weight is 238 g/mol. The van der Waals surface area contributed by atoms with Gasteiger partial charge in [0.2, 0.25) is 0 Å². The van der Waals surface area contributed by atoms with Crippen molar-refractivity contribution in [2.24, 2.45) is 0 Å². The molecule has 0 bridgehead atoms. The Kier molecular flexibility index (Phi) is 2.74. The summed E-state index contributed by atoms with van der Waals surface area (Å²) in [5.41, 5.74) is 2.39. The summed E-state index contributed by atoms with van der Waals surface area (Å²) in [4.78, 5) is 7.24. The Balaban J connectivity index is 1.84. The van der Waals surface area contributed by atoms with Crippen LogP contribution in [0.15, 0.2) is 54.6 Å². The largest absolute Gasteiger partial charge is 0.562 e. The Morgan fingerprint density at radius 3 is 2.50 bits per heavy atom. The van der Waals surface area contributed by atoms with Crippen LogP contribution in [0.25, 0.3) is 11.0 Å². The lowest BCUT2D eigenvalue weighted by Crippen LogP contribution is -2.36. The first-order valence-corrected chi connectivity index (χ1v) is 5.67. The summed E-state index contributed by atoms with van der Waals surface area (Å²) in [6.45, 7) is 0. The monoisotopic (exact) mass is 238 g/mol. The fourth-order valence-corrected chi connectivity index (χ4v) is 1.78. The predicted octanol–water partition coefficient (Wildman–Crippen LogP) is 1.33. The molecule has 0 radical (unpaired) electrons. The number of nitrogens with zero attached hydrogens (tertiary/aromatic N) is 1. The molecule has 2 N–H and O–H groups in total. The van der Waals surface area contributed by atoms with E-state index in [-0.39, 0.29) is 0 Å². The van der Waals surface area contributed by atoms with Crippen molar-refractivity contribution in [2.75, 3.05) is 0 Å². The van der Waals surface area contributed by atoms with Gasteiger partial charge in [0.05, 0.1) is 11.0 Å². The number of nitrogens with one attached hydrogen (secondary N) is 1. The molecule has 1 aromatic heterocycles. The summed E-state index contributed by atoms with van der Waals surface area (Å²) in [5, 5.41) is 9.92. The van der Waals surface area contributed by atoms with E-state index in [0.717, 1.165) is 11.0 Å². The molecule has 0 aliphatic heterocycles. The van der Waals surface area contributed by atoms with Gasteiger partial charge in [-0.3, -0.25) is 0 Å². The molecule has 0 spiro atoms. The minimum Gasteiger partial charge on any atom is -0.505 e. The van der Waals surface area contributed by atoms with Crippen molar-refractivity contribution in [3.8, 4) is 6.01 Å². The number of fused-ring (bicyclic) bond motifs is 1. The molecule has 18 heavy (non-hydrogen) atoms. The molecule has 1 heterocycles. The first-order valence-electron chi connectivity index (χ1n) is 5.67. The molecule has 0 fully saturated rings. The summed E-state index contributed by atoms with van der Waals surface area (Å²) in [6.07, 6.45) is 0. The summed E-state index contributed by atoms with van der Waals surface area (Å²) in [6, 6.07) is 17.1. The highest BCUT2D eigenvalue weighted by Crippen LogP contribution is 2.14. The van der Waals surface area contributed by atoms with Crippen molar-refractivity contribution < 1.29 is 9.68 Å². The molecule has 0 atom stereocenters. The summed E-state index contributed by atoms with van der Waals surface area (Å²) < 4.78 is 5.37. The van der Waals surface area contributed by atoms with Crippen LogP contribution in [0.5, 0.6) is 6.01 Å². The molecular formula is C13H11BN2O2. The van der Waals surface area contributed by atoms with E-state index < -0.39 is 7.12 Å². The zero-order valence-corrected chi connectivity index (χ0v) is 9.58. The van der Waals surface area contributed by atoms with Gasteiger partial charge >= 0.3 is 7.12 Å². The Labute approximate surface area is 104 Å². The fourth-order valence-electron chi connectivity index (χ4n) is 1.78. The predicted molar refractivity (Wildman–Crippen MR) is 70.8 cm³/mol. The number of hydrogen-bond acceptors (Lipinski definition) is 3. The minimum absolute atomic E-state index is 0.313. The second kappa shape index (κ2) is 4.54. The maximum absolute atomic E-state index is 9.92. The molecule has 0 saturated carbocycles. The second-order valence-electron chi connectivity index (χ2n) is 3.94. The first-order chi connectivity index (χ1) is 8.83. The molecule has 88 valence electrons. The summed E-state index contributed by atoms with van der Waals surface area (Å²) >= 11 is 0. The number of rotatable bonds is 3. The third kappa shape index (κ3) is 2.08. The molecule has 0 aliphatic carbocycles. The third-order valence-electron chi connectivity index (χ3n) is 2.68. The molecule has 0 saturated heterocycles. The molecule has 0 aliphatic rings.